The van der Waals surface area contributed by atoms with E-state index < -0.39 is 0 Å². The molecular weight excluding hydrogens is 392 g/mol. The summed E-state index contributed by atoms with van der Waals surface area (Å²) < 4.78 is 6.79. The lowest BCUT2D eigenvalue weighted by molar-refractivity contribution is -0.118. The molecule has 0 saturated carbocycles. The van der Waals surface area contributed by atoms with Crippen LogP contribution in [0.3, 0.4) is 0 Å². The Morgan fingerprint density at radius 1 is 1.29 bits per heavy atom. The third-order valence-corrected chi connectivity index (χ3v) is 6.40. The largest absolute Gasteiger partial charge is 0.376 e. The first-order valence-electron chi connectivity index (χ1n) is 9.54. The second-order valence-electron chi connectivity index (χ2n) is 7.35. The average Bonchev–Trinajstić information content (AvgIpc) is 3.30. The van der Waals surface area contributed by atoms with Gasteiger partial charge in [-0.3, -0.25) is 9.69 Å². The molecule has 1 amide bonds. The molecule has 146 valence electrons. The molecule has 0 radical (unpaired) electrons. The summed E-state index contributed by atoms with van der Waals surface area (Å²) in [5.74, 6) is 0.0487. The normalized spacial score (nSPS) is 16.6. The Balaban J connectivity index is 1.64. The van der Waals surface area contributed by atoms with E-state index in [0.717, 1.165) is 40.8 Å². The topological polar surface area (TPSA) is 42.4 Å². The number of halogens is 1. The number of carbonyl (C=O) groups excluding carboxylic acids is 1. The first kappa shape index (κ1) is 19.4. The van der Waals surface area contributed by atoms with E-state index in [9.17, 15) is 4.79 Å². The molecule has 1 aromatic heterocycles. The minimum Gasteiger partial charge on any atom is -0.376 e. The molecule has 1 atom stereocenters. The fraction of sp³-hybridized carbons (Fsp3) is 0.364. The zero-order valence-electron chi connectivity index (χ0n) is 16.1. The minimum absolute atomic E-state index is 0.0487. The SMILES string of the molecule is Cc1ccc(CC(=O)N(CC2CCCO2)c2nc3ccc(Cl)cc3s2)c(C)c1. The van der Waals surface area contributed by atoms with E-state index in [4.69, 9.17) is 21.3 Å². The molecule has 1 fully saturated rings. The number of amides is 1. The van der Waals surface area contributed by atoms with Crippen molar-refractivity contribution < 1.29 is 9.53 Å². The van der Waals surface area contributed by atoms with Gasteiger partial charge in [-0.2, -0.15) is 0 Å². The fourth-order valence-corrected chi connectivity index (χ4v) is 4.85. The van der Waals surface area contributed by atoms with Crippen molar-refractivity contribution in [3.8, 4) is 0 Å². The molecule has 6 heteroatoms. The van der Waals surface area contributed by atoms with E-state index in [0.29, 0.717) is 23.1 Å². The van der Waals surface area contributed by atoms with Gasteiger partial charge in [0, 0.05) is 11.6 Å². The lowest BCUT2D eigenvalue weighted by Crippen LogP contribution is -2.38. The van der Waals surface area contributed by atoms with Crippen molar-refractivity contribution in [2.24, 2.45) is 0 Å². The van der Waals surface area contributed by atoms with Crippen molar-refractivity contribution in [1.29, 1.82) is 0 Å². The average molecular weight is 415 g/mol. The Bertz CT molecular complexity index is 1010. The van der Waals surface area contributed by atoms with Crippen LogP contribution in [0.15, 0.2) is 36.4 Å². The highest BCUT2D eigenvalue weighted by molar-refractivity contribution is 7.22. The van der Waals surface area contributed by atoms with E-state index in [1.165, 1.54) is 16.9 Å². The molecule has 1 unspecified atom stereocenters. The summed E-state index contributed by atoms with van der Waals surface area (Å²) in [7, 11) is 0. The predicted octanol–water partition coefficient (Wildman–Crippen LogP) is 5.32. The van der Waals surface area contributed by atoms with Crippen molar-refractivity contribution in [3.05, 3.63) is 58.1 Å². The Kier molecular flexibility index (Phi) is 5.67. The number of benzene rings is 2. The first-order valence-corrected chi connectivity index (χ1v) is 10.7. The number of aromatic nitrogens is 1. The van der Waals surface area contributed by atoms with Crippen LogP contribution in [0.4, 0.5) is 5.13 Å². The van der Waals surface area contributed by atoms with Gasteiger partial charge in [-0.05, 0) is 56.0 Å². The van der Waals surface area contributed by atoms with Gasteiger partial charge in [-0.25, -0.2) is 4.98 Å². The van der Waals surface area contributed by atoms with E-state index in [1.807, 2.05) is 24.3 Å². The maximum Gasteiger partial charge on any atom is 0.233 e. The number of hydrogen-bond acceptors (Lipinski definition) is 4. The molecule has 28 heavy (non-hydrogen) atoms. The highest BCUT2D eigenvalue weighted by atomic mass is 35.5. The van der Waals surface area contributed by atoms with E-state index in [2.05, 4.69) is 26.0 Å². The molecule has 0 aliphatic carbocycles. The van der Waals surface area contributed by atoms with Gasteiger partial charge in [0.25, 0.3) is 0 Å². The lowest BCUT2D eigenvalue weighted by Gasteiger charge is -2.23. The Morgan fingerprint density at radius 3 is 2.89 bits per heavy atom. The van der Waals surface area contributed by atoms with Crippen LogP contribution in [-0.4, -0.2) is 30.1 Å². The molecule has 0 N–H and O–H groups in total. The van der Waals surface area contributed by atoms with Crippen molar-refractivity contribution in [3.63, 3.8) is 0 Å². The summed E-state index contributed by atoms with van der Waals surface area (Å²) in [6.45, 7) is 5.42. The molecular formula is C22H23ClN2O2S. The second kappa shape index (κ2) is 8.19. The number of carbonyl (C=O) groups is 1. The molecule has 1 aliphatic heterocycles. The van der Waals surface area contributed by atoms with Gasteiger partial charge in [0.05, 0.1) is 29.3 Å². The lowest BCUT2D eigenvalue weighted by atomic mass is 10.0. The number of aryl methyl sites for hydroxylation is 2. The quantitative estimate of drug-likeness (QED) is 0.567. The molecule has 4 nitrogen and oxygen atoms in total. The summed E-state index contributed by atoms with van der Waals surface area (Å²) in [5, 5.41) is 1.39. The van der Waals surface area contributed by atoms with Crippen LogP contribution in [-0.2, 0) is 16.0 Å². The van der Waals surface area contributed by atoms with Crippen molar-refractivity contribution in [2.45, 2.75) is 39.2 Å². The van der Waals surface area contributed by atoms with Gasteiger partial charge >= 0.3 is 0 Å². The molecule has 2 heterocycles. The smallest absolute Gasteiger partial charge is 0.233 e. The van der Waals surface area contributed by atoms with Gasteiger partial charge in [-0.1, -0.05) is 46.7 Å². The Morgan fingerprint density at radius 2 is 2.14 bits per heavy atom. The van der Waals surface area contributed by atoms with Crippen LogP contribution >= 0.6 is 22.9 Å². The minimum atomic E-state index is 0.0487. The van der Waals surface area contributed by atoms with Crippen LogP contribution < -0.4 is 4.90 Å². The van der Waals surface area contributed by atoms with Gasteiger partial charge < -0.3 is 4.74 Å². The number of nitrogens with zero attached hydrogens (tertiary/aromatic N) is 2. The fourth-order valence-electron chi connectivity index (χ4n) is 3.58. The monoisotopic (exact) mass is 414 g/mol. The Labute approximate surface area is 174 Å². The van der Waals surface area contributed by atoms with Gasteiger partial charge in [0.15, 0.2) is 5.13 Å². The third kappa shape index (κ3) is 4.22. The standard InChI is InChI=1S/C22H23ClN2O2S/c1-14-5-6-16(15(2)10-14)11-21(26)25(13-18-4-3-9-27-18)22-24-19-8-7-17(23)12-20(19)28-22/h5-8,10,12,18H,3-4,9,11,13H2,1-2H3. The number of anilines is 1. The summed E-state index contributed by atoms with van der Waals surface area (Å²) in [5.41, 5.74) is 4.26. The van der Waals surface area contributed by atoms with E-state index >= 15 is 0 Å². The number of hydrogen-bond donors (Lipinski definition) is 0. The Hall–Kier alpha value is -1.95. The highest BCUT2D eigenvalue weighted by Gasteiger charge is 2.26. The van der Waals surface area contributed by atoms with Crippen molar-refractivity contribution in [1.82, 2.24) is 4.98 Å². The van der Waals surface area contributed by atoms with E-state index in [-0.39, 0.29) is 12.0 Å². The van der Waals surface area contributed by atoms with Crippen LogP contribution in [0, 0.1) is 13.8 Å². The molecule has 1 aliphatic rings. The van der Waals surface area contributed by atoms with Crippen LogP contribution in [0.1, 0.15) is 29.5 Å². The maximum absolute atomic E-state index is 13.3. The zero-order valence-corrected chi connectivity index (χ0v) is 17.6. The van der Waals surface area contributed by atoms with Gasteiger partial charge in [0.2, 0.25) is 5.91 Å². The summed E-state index contributed by atoms with van der Waals surface area (Å²) >= 11 is 7.63. The van der Waals surface area contributed by atoms with Gasteiger partial charge in [-0.15, -0.1) is 0 Å². The summed E-state index contributed by atoms with van der Waals surface area (Å²) in [6, 6.07) is 11.8. The second-order valence-corrected chi connectivity index (χ2v) is 8.80. The van der Waals surface area contributed by atoms with E-state index in [1.54, 1.807) is 4.90 Å². The molecule has 0 bridgehead atoms. The number of ether oxygens (including phenoxy) is 1. The first-order chi connectivity index (χ1) is 13.5. The number of thiazole rings is 1. The third-order valence-electron chi connectivity index (χ3n) is 5.12. The zero-order chi connectivity index (χ0) is 19.7. The number of rotatable bonds is 5. The van der Waals surface area contributed by atoms with Crippen molar-refractivity contribution >= 4 is 44.2 Å². The maximum atomic E-state index is 13.3. The number of fused-ring (bicyclic) bond motifs is 1. The molecule has 1 saturated heterocycles. The molecule has 3 aromatic rings. The van der Waals surface area contributed by atoms with Gasteiger partial charge in [0.1, 0.15) is 0 Å². The van der Waals surface area contributed by atoms with Crippen molar-refractivity contribution in [2.75, 3.05) is 18.1 Å². The molecule has 4 rings (SSSR count). The predicted molar refractivity (Wildman–Crippen MR) is 116 cm³/mol. The van der Waals surface area contributed by atoms with Crippen LogP contribution in [0.5, 0.6) is 0 Å². The summed E-state index contributed by atoms with van der Waals surface area (Å²) in [6.07, 6.45) is 2.44. The van der Waals surface area contributed by atoms with Crippen LogP contribution in [0.25, 0.3) is 10.2 Å². The van der Waals surface area contributed by atoms with Crippen LogP contribution in [0.2, 0.25) is 5.02 Å². The highest BCUT2D eigenvalue weighted by Crippen LogP contribution is 2.32. The molecule has 2 aromatic carbocycles. The molecule has 0 spiro atoms. The summed E-state index contributed by atoms with van der Waals surface area (Å²) in [4.78, 5) is 19.8.